The number of fused-ring (bicyclic) bond motifs is 2. The maximum absolute atomic E-state index is 14.1. The summed E-state index contributed by atoms with van der Waals surface area (Å²) in [5, 5.41) is 17.2. The largest absolute Gasteiger partial charge is 0.455 e. The summed E-state index contributed by atoms with van der Waals surface area (Å²) in [7, 11) is -2.50. The standard InChI is InChI=1S/C47H54ClN9O6S2/c1-47(2)12-10-33(40(26-47)31-4-6-34(48)7-5-31)28-54-18-20-56(21-19-54)36-8-9-39(42(23-36)63-37-22-32-11-13-49-45(32)50-27-37)46(58)52-65(61,62)38-24-41(57(59)60)44-43(25-38)64-30-35(51-44)29-55-16-14-53(3)15-17-55/h4-9,11,13,22-25,27,35,51H,10,12,14-21,26,28-30H2,1-3H3,(H,49,50)(H,52,58)/t35-/m1/s1. The summed E-state index contributed by atoms with van der Waals surface area (Å²) >= 11 is 7.62. The van der Waals surface area contributed by atoms with Crippen LogP contribution in [0.4, 0.5) is 17.1 Å². The molecule has 3 aromatic carbocycles. The summed E-state index contributed by atoms with van der Waals surface area (Å²) in [5.74, 6) is 0.155. The van der Waals surface area contributed by atoms with Crippen LogP contribution in [0.3, 0.4) is 0 Å². The molecule has 18 heteroatoms. The number of nitrogens with zero attached hydrogens (tertiary/aromatic N) is 6. The van der Waals surface area contributed by atoms with Crippen molar-refractivity contribution in [3.05, 3.63) is 111 Å². The molecular weight excluding hydrogens is 886 g/mol. The lowest BCUT2D eigenvalue weighted by molar-refractivity contribution is -0.384. The molecule has 1 aliphatic carbocycles. The van der Waals surface area contributed by atoms with Crippen molar-refractivity contribution in [3.8, 4) is 11.5 Å². The van der Waals surface area contributed by atoms with Crippen LogP contribution in [-0.2, 0) is 10.0 Å². The fraction of sp³-hybridized carbons (Fsp3) is 0.404. The van der Waals surface area contributed by atoms with Crippen LogP contribution in [0.1, 0.15) is 49.0 Å². The molecule has 3 aliphatic heterocycles. The number of carbonyl (C=O) groups is 1. The van der Waals surface area contributed by atoms with E-state index in [1.807, 2.05) is 18.2 Å². The fourth-order valence-electron chi connectivity index (χ4n) is 9.23. The average molecular weight is 941 g/mol. The highest BCUT2D eigenvalue weighted by atomic mass is 35.5. The molecule has 1 atom stereocenters. The first-order valence-corrected chi connectivity index (χ1v) is 24.9. The maximum Gasteiger partial charge on any atom is 0.294 e. The van der Waals surface area contributed by atoms with Crippen molar-refractivity contribution in [2.24, 2.45) is 5.41 Å². The van der Waals surface area contributed by atoms with Crippen LogP contribution in [-0.4, -0.2) is 128 Å². The molecule has 0 saturated carbocycles. The van der Waals surface area contributed by atoms with Gasteiger partial charge in [0.2, 0.25) is 0 Å². The van der Waals surface area contributed by atoms with Crippen LogP contribution in [0, 0.1) is 15.5 Å². The third-order valence-electron chi connectivity index (χ3n) is 13.0. The van der Waals surface area contributed by atoms with Crippen molar-refractivity contribution < 1.29 is 22.9 Å². The summed E-state index contributed by atoms with van der Waals surface area (Å²) in [6, 6.07) is 19.3. The van der Waals surface area contributed by atoms with E-state index in [0.717, 1.165) is 100 Å². The third kappa shape index (κ3) is 10.3. The highest BCUT2D eigenvalue weighted by molar-refractivity contribution is 7.99. The Balaban J connectivity index is 0.933. The number of nitrogens with one attached hydrogen (secondary N) is 3. The van der Waals surface area contributed by atoms with E-state index in [4.69, 9.17) is 16.3 Å². The van der Waals surface area contributed by atoms with E-state index in [1.165, 1.54) is 40.7 Å². The van der Waals surface area contributed by atoms with E-state index >= 15 is 0 Å². The Bertz CT molecular complexity index is 2750. The molecule has 9 rings (SSSR count). The van der Waals surface area contributed by atoms with Crippen molar-refractivity contribution >= 4 is 73.0 Å². The number of likely N-dealkylation sites (N-methyl/N-ethyl adjacent to an activating group) is 1. The summed E-state index contributed by atoms with van der Waals surface area (Å²) in [4.78, 5) is 42.8. The van der Waals surface area contributed by atoms with E-state index < -0.39 is 20.9 Å². The van der Waals surface area contributed by atoms with Crippen molar-refractivity contribution in [1.29, 1.82) is 0 Å². The zero-order chi connectivity index (χ0) is 45.5. The van der Waals surface area contributed by atoms with Gasteiger partial charge in [0.15, 0.2) is 0 Å². The molecular formula is C47H54ClN9O6S2. The van der Waals surface area contributed by atoms with Crippen molar-refractivity contribution in [2.45, 2.75) is 48.9 Å². The number of sulfonamides is 1. The SMILES string of the molecule is CN1CCN(C[C@@H]2CSc3cc(S(=O)(=O)NC(=O)c4ccc(N5CCN(CC6=C(c7ccc(Cl)cc7)CC(C)(C)CC6)CC5)cc4Oc4cnc5[nH]ccc5c4)cc([N+](=O)[O-])c3N2)CC1. The summed E-state index contributed by atoms with van der Waals surface area (Å²) in [6.45, 7) is 13.1. The number of H-pyrrole nitrogens is 1. The number of nitro groups is 1. The number of halogens is 1. The minimum absolute atomic E-state index is 0.0257. The van der Waals surface area contributed by atoms with Crippen molar-refractivity contribution in [3.63, 3.8) is 0 Å². The number of hydrogen-bond acceptors (Lipinski definition) is 13. The molecule has 3 N–H and O–H groups in total. The van der Waals surface area contributed by atoms with Crippen molar-refractivity contribution in [2.75, 3.05) is 88.5 Å². The molecule has 2 saturated heterocycles. The van der Waals surface area contributed by atoms with E-state index in [0.29, 0.717) is 28.6 Å². The molecule has 5 aromatic rings. The molecule has 342 valence electrons. The number of nitro benzene ring substituents is 1. The summed E-state index contributed by atoms with van der Waals surface area (Å²) < 4.78 is 36.5. The minimum atomic E-state index is -4.58. The molecule has 15 nitrogen and oxygen atoms in total. The predicted octanol–water partition coefficient (Wildman–Crippen LogP) is 7.96. The first kappa shape index (κ1) is 45.0. The number of ether oxygens (including phenoxy) is 1. The van der Waals surface area contributed by atoms with Gasteiger partial charge in [-0.2, -0.15) is 0 Å². The van der Waals surface area contributed by atoms with Gasteiger partial charge < -0.3 is 24.8 Å². The van der Waals surface area contributed by atoms with Crippen LogP contribution in [0.15, 0.2) is 94.5 Å². The first-order valence-electron chi connectivity index (χ1n) is 22.1. The van der Waals surface area contributed by atoms with Crippen LogP contribution >= 0.6 is 23.4 Å². The summed E-state index contributed by atoms with van der Waals surface area (Å²) in [5.41, 5.74) is 5.72. The number of piperazine rings is 2. The van der Waals surface area contributed by atoms with Gasteiger partial charge in [-0.3, -0.25) is 24.7 Å². The van der Waals surface area contributed by atoms with E-state index in [1.54, 1.807) is 30.5 Å². The van der Waals surface area contributed by atoms with E-state index in [9.17, 15) is 23.3 Å². The number of pyridine rings is 1. The molecule has 5 heterocycles. The van der Waals surface area contributed by atoms with Gasteiger partial charge in [-0.25, -0.2) is 18.1 Å². The molecule has 4 aliphatic rings. The number of benzene rings is 3. The van der Waals surface area contributed by atoms with Crippen LogP contribution in [0.2, 0.25) is 5.02 Å². The topological polar surface area (TPSA) is 169 Å². The second-order valence-corrected chi connectivity index (χ2v) is 21.5. The number of aromatic amines is 1. The number of aromatic nitrogens is 2. The van der Waals surface area contributed by atoms with Gasteiger partial charge in [0.1, 0.15) is 22.8 Å². The van der Waals surface area contributed by atoms with Gasteiger partial charge in [-0.15, -0.1) is 11.8 Å². The van der Waals surface area contributed by atoms with Gasteiger partial charge in [-0.05, 0) is 85.3 Å². The Morgan fingerprint density at radius 3 is 2.51 bits per heavy atom. The Morgan fingerprint density at radius 1 is 1.00 bits per heavy atom. The zero-order valence-corrected chi connectivity index (χ0v) is 39.2. The molecule has 0 spiro atoms. The minimum Gasteiger partial charge on any atom is -0.455 e. The number of hydrogen-bond donors (Lipinski definition) is 3. The first-order chi connectivity index (χ1) is 31.2. The molecule has 0 unspecified atom stereocenters. The predicted molar refractivity (Wildman–Crippen MR) is 257 cm³/mol. The van der Waals surface area contributed by atoms with Gasteiger partial charge in [0.05, 0.1) is 21.6 Å². The Labute approximate surface area is 388 Å². The van der Waals surface area contributed by atoms with E-state index in [2.05, 4.69) is 72.6 Å². The lowest BCUT2D eigenvalue weighted by atomic mass is 9.72. The molecule has 0 bridgehead atoms. The molecule has 2 aromatic heterocycles. The Hall–Kier alpha value is -5.17. The Kier molecular flexibility index (Phi) is 12.9. The van der Waals surface area contributed by atoms with Gasteiger partial charge in [0, 0.05) is 117 Å². The van der Waals surface area contributed by atoms with Gasteiger partial charge in [0.25, 0.3) is 21.6 Å². The second-order valence-electron chi connectivity index (χ2n) is 18.3. The molecule has 1 amide bonds. The number of carbonyl (C=O) groups excluding carboxylic acids is 1. The van der Waals surface area contributed by atoms with Crippen molar-refractivity contribution in [1.82, 2.24) is 29.4 Å². The quantitative estimate of drug-likeness (QED) is 0.0815. The highest BCUT2D eigenvalue weighted by Crippen LogP contribution is 2.44. The lowest BCUT2D eigenvalue weighted by Crippen LogP contribution is -2.49. The number of thioether (sulfide) groups is 1. The average Bonchev–Trinajstić information content (AvgIpc) is 3.76. The maximum atomic E-state index is 14.1. The molecule has 65 heavy (non-hydrogen) atoms. The molecule has 0 radical (unpaired) electrons. The normalized spacial score (nSPS) is 19.8. The zero-order valence-electron chi connectivity index (χ0n) is 36.8. The van der Waals surface area contributed by atoms with E-state index in [-0.39, 0.29) is 39.0 Å². The monoisotopic (exact) mass is 939 g/mol. The number of allylic oxidation sites excluding steroid dienone is 1. The van der Waals surface area contributed by atoms with Gasteiger partial charge >= 0.3 is 0 Å². The van der Waals surface area contributed by atoms with Crippen LogP contribution < -0.4 is 19.7 Å². The van der Waals surface area contributed by atoms with Crippen LogP contribution in [0.5, 0.6) is 11.5 Å². The Morgan fingerprint density at radius 2 is 1.75 bits per heavy atom. The fourth-order valence-corrected chi connectivity index (χ4v) is 11.5. The third-order valence-corrected chi connectivity index (χ3v) is 15.8. The highest BCUT2D eigenvalue weighted by Gasteiger charge is 2.33. The molecule has 2 fully saturated rings. The second kappa shape index (κ2) is 18.6. The summed E-state index contributed by atoms with van der Waals surface area (Å²) in [6.07, 6.45) is 6.50. The number of amides is 1. The number of anilines is 2. The number of rotatable bonds is 12. The van der Waals surface area contributed by atoms with Crippen LogP contribution in [0.25, 0.3) is 16.6 Å². The lowest BCUT2D eigenvalue weighted by Gasteiger charge is -2.39. The smallest absolute Gasteiger partial charge is 0.294 e. The van der Waals surface area contributed by atoms with Gasteiger partial charge in [-0.1, -0.05) is 43.2 Å².